The Balaban J connectivity index is 2.25. The van der Waals surface area contributed by atoms with E-state index in [-0.39, 0.29) is 11.7 Å². The molecule has 0 fully saturated rings. The Hall–Kier alpha value is -2.21. The summed E-state index contributed by atoms with van der Waals surface area (Å²) < 4.78 is 14.9. The molecule has 20 heavy (non-hydrogen) atoms. The molecule has 2 heterocycles. The summed E-state index contributed by atoms with van der Waals surface area (Å²) in [4.78, 5) is 18.9. The van der Waals surface area contributed by atoms with E-state index in [2.05, 4.69) is 4.98 Å². The Morgan fingerprint density at radius 2 is 2.00 bits per heavy atom. The van der Waals surface area contributed by atoms with Crippen LogP contribution >= 0.6 is 11.3 Å². The number of benzene rings is 1. The Morgan fingerprint density at radius 3 is 2.65 bits per heavy atom. The third kappa shape index (κ3) is 1.98. The van der Waals surface area contributed by atoms with Crippen molar-refractivity contribution in [2.75, 3.05) is 14.1 Å². The van der Waals surface area contributed by atoms with Gasteiger partial charge in [-0.3, -0.25) is 9.20 Å². The van der Waals surface area contributed by atoms with Gasteiger partial charge in [-0.15, -0.1) is 11.3 Å². The van der Waals surface area contributed by atoms with Gasteiger partial charge in [0.1, 0.15) is 5.82 Å². The second-order valence-electron chi connectivity index (χ2n) is 4.57. The van der Waals surface area contributed by atoms with E-state index in [1.165, 1.54) is 28.4 Å². The fraction of sp³-hybridized carbons (Fsp3) is 0.143. The molecular weight excluding hydrogens is 277 g/mol. The van der Waals surface area contributed by atoms with Gasteiger partial charge in [0.05, 0.1) is 5.69 Å². The first-order valence-electron chi connectivity index (χ1n) is 6.01. The van der Waals surface area contributed by atoms with Crippen LogP contribution in [-0.2, 0) is 0 Å². The van der Waals surface area contributed by atoms with Crippen molar-refractivity contribution in [3.63, 3.8) is 0 Å². The Bertz CT molecular complexity index is 773. The predicted molar refractivity (Wildman–Crippen MR) is 76.5 cm³/mol. The van der Waals surface area contributed by atoms with Gasteiger partial charge in [-0.05, 0) is 24.3 Å². The van der Waals surface area contributed by atoms with Gasteiger partial charge < -0.3 is 4.90 Å². The van der Waals surface area contributed by atoms with E-state index in [0.717, 1.165) is 10.5 Å². The van der Waals surface area contributed by atoms with Gasteiger partial charge in [0.15, 0.2) is 10.7 Å². The van der Waals surface area contributed by atoms with Gasteiger partial charge in [0.2, 0.25) is 0 Å². The minimum atomic E-state index is -0.305. The smallest absolute Gasteiger partial charge is 0.274 e. The number of hydrogen-bond donors (Lipinski definition) is 0. The SMILES string of the molecule is CN(C)C(=O)c1nc2sccn2c1-c1ccc(F)cc1. The molecule has 0 saturated heterocycles. The van der Waals surface area contributed by atoms with E-state index in [0.29, 0.717) is 11.4 Å². The molecule has 0 atom stereocenters. The van der Waals surface area contributed by atoms with E-state index in [4.69, 9.17) is 0 Å². The number of aromatic nitrogens is 2. The Labute approximate surface area is 119 Å². The zero-order chi connectivity index (χ0) is 14.3. The van der Waals surface area contributed by atoms with Crippen molar-refractivity contribution in [2.45, 2.75) is 0 Å². The summed E-state index contributed by atoms with van der Waals surface area (Å²) in [6, 6.07) is 6.07. The van der Waals surface area contributed by atoms with E-state index in [9.17, 15) is 9.18 Å². The highest BCUT2D eigenvalue weighted by Gasteiger charge is 2.22. The highest BCUT2D eigenvalue weighted by atomic mass is 32.1. The highest BCUT2D eigenvalue weighted by Crippen LogP contribution is 2.28. The lowest BCUT2D eigenvalue weighted by molar-refractivity contribution is 0.0823. The molecule has 0 aliphatic heterocycles. The van der Waals surface area contributed by atoms with E-state index in [1.807, 2.05) is 16.0 Å². The van der Waals surface area contributed by atoms with Crippen molar-refractivity contribution in [2.24, 2.45) is 0 Å². The Morgan fingerprint density at radius 1 is 1.30 bits per heavy atom. The maximum atomic E-state index is 13.1. The van der Waals surface area contributed by atoms with Crippen molar-refractivity contribution in [3.8, 4) is 11.3 Å². The molecule has 0 spiro atoms. The Kier molecular flexibility index (Phi) is 3.02. The largest absolute Gasteiger partial charge is 0.343 e. The fourth-order valence-electron chi connectivity index (χ4n) is 2.03. The first-order chi connectivity index (χ1) is 9.58. The van der Waals surface area contributed by atoms with Crippen molar-refractivity contribution < 1.29 is 9.18 Å². The molecule has 0 aliphatic carbocycles. The van der Waals surface area contributed by atoms with Gasteiger partial charge in [-0.1, -0.05) is 0 Å². The van der Waals surface area contributed by atoms with Crippen LogP contribution in [0.5, 0.6) is 0 Å². The maximum Gasteiger partial charge on any atom is 0.274 e. The lowest BCUT2D eigenvalue weighted by Crippen LogP contribution is -2.22. The average Bonchev–Trinajstić information content (AvgIpc) is 2.99. The van der Waals surface area contributed by atoms with Gasteiger partial charge in [0, 0.05) is 31.2 Å². The molecule has 3 aromatic rings. The van der Waals surface area contributed by atoms with Gasteiger partial charge >= 0.3 is 0 Å². The average molecular weight is 289 g/mol. The monoisotopic (exact) mass is 289 g/mol. The number of amides is 1. The molecule has 102 valence electrons. The number of imidazole rings is 1. The topological polar surface area (TPSA) is 37.6 Å². The van der Waals surface area contributed by atoms with Crippen molar-refractivity contribution in [1.82, 2.24) is 14.3 Å². The van der Waals surface area contributed by atoms with Crippen LogP contribution in [-0.4, -0.2) is 34.3 Å². The number of carbonyl (C=O) groups is 1. The highest BCUT2D eigenvalue weighted by molar-refractivity contribution is 7.15. The molecule has 0 saturated carbocycles. The van der Waals surface area contributed by atoms with Crippen molar-refractivity contribution in [1.29, 1.82) is 0 Å². The van der Waals surface area contributed by atoms with Crippen LogP contribution in [0.25, 0.3) is 16.2 Å². The lowest BCUT2D eigenvalue weighted by atomic mass is 10.1. The molecule has 0 radical (unpaired) electrons. The second kappa shape index (κ2) is 4.72. The van der Waals surface area contributed by atoms with Crippen LogP contribution in [0, 0.1) is 5.82 Å². The molecule has 0 unspecified atom stereocenters. The van der Waals surface area contributed by atoms with Crippen molar-refractivity contribution >= 4 is 22.2 Å². The molecule has 2 aromatic heterocycles. The first kappa shape index (κ1) is 12.8. The zero-order valence-corrected chi connectivity index (χ0v) is 11.8. The van der Waals surface area contributed by atoms with E-state index < -0.39 is 0 Å². The van der Waals surface area contributed by atoms with Gasteiger partial charge in [-0.2, -0.15) is 0 Å². The molecule has 0 bridgehead atoms. The molecule has 3 rings (SSSR count). The number of thiazole rings is 1. The summed E-state index contributed by atoms with van der Waals surface area (Å²) in [5.74, 6) is -0.472. The fourth-order valence-corrected chi connectivity index (χ4v) is 2.74. The third-order valence-corrected chi connectivity index (χ3v) is 3.75. The molecule has 0 N–H and O–H groups in total. The molecule has 4 nitrogen and oxygen atoms in total. The maximum absolute atomic E-state index is 13.1. The van der Waals surface area contributed by atoms with E-state index >= 15 is 0 Å². The van der Waals surface area contributed by atoms with Crippen LogP contribution < -0.4 is 0 Å². The third-order valence-electron chi connectivity index (χ3n) is 2.99. The number of nitrogens with zero attached hydrogens (tertiary/aromatic N) is 3. The van der Waals surface area contributed by atoms with Gasteiger partial charge in [0.25, 0.3) is 5.91 Å². The zero-order valence-electron chi connectivity index (χ0n) is 11.0. The standard InChI is InChI=1S/C14H12FN3OS/c1-17(2)13(19)11-12(9-3-5-10(15)6-4-9)18-7-8-20-14(18)16-11/h3-8H,1-2H3. The molecule has 6 heteroatoms. The lowest BCUT2D eigenvalue weighted by Gasteiger charge is -2.10. The van der Waals surface area contributed by atoms with E-state index in [1.54, 1.807) is 26.2 Å². The summed E-state index contributed by atoms with van der Waals surface area (Å²) in [5.41, 5.74) is 1.84. The van der Waals surface area contributed by atoms with Crippen LogP contribution in [0.15, 0.2) is 35.8 Å². The summed E-state index contributed by atoms with van der Waals surface area (Å²) in [6.45, 7) is 0. The van der Waals surface area contributed by atoms with Crippen LogP contribution in [0.2, 0.25) is 0 Å². The van der Waals surface area contributed by atoms with Gasteiger partial charge in [-0.25, -0.2) is 9.37 Å². The van der Waals surface area contributed by atoms with Crippen molar-refractivity contribution in [3.05, 3.63) is 47.4 Å². The number of carbonyl (C=O) groups excluding carboxylic acids is 1. The summed E-state index contributed by atoms with van der Waals surface area (Å²) in [7, 11) is 3.37. The summed E-state index contributed by atoms with van der Waals surface area (Å²) in [6.07, 6.45) is 1.86. The van der Waals surface area contributed by atoms with Crippen LogP contribution in [0.3, 0.4) is 0 Å². The van der Waals surface area contributed by atoms with Crippen LogP contribution in [0.1, 0.15) is 10.5 Å². The predicted octanol–water partition coefficient (Wildman–Crippen LogP) is 2.90. The summed E-state index contributed by atoms with van der Waals surface area (Å²) >= 11 is 1.46. The molecule has 1 amide bonds. The van der Waals surface area contributed by atoms with Crippen LogP contribution in [0.4, 0.5) is 4.39 Å². The number of halogens is 1. The quantitative estimate of drug-likeness (QED) is 0.727. The first-order valence-corrected chi connectivity index (χ1v) is 6.89. The summed E-state index contributed by atoms with van der Waals surface area (Å²) in [5, 5.41) is 1.90. The number of fused-ring (bicyclic) bond motifs is 1. The molecular formula is C14H12FN3OS. The second-order valence-corrected chi connectivity index (χ2v) is 5.44. The molecule has 0 aliphatic rings. The minimum Gasteiger partial charge on any atom is -0.343 e. The normalized spacial score (nSPS) is 10.9. The molecule has 1 aromatic carbocycles. The minimum absolute atomic E-state index is 0.166. The number of hydrogen-bond acceptors (Lipinski definition) is 3. The number of rotatable bonds is 2.